The van der Waals surface area contributed by atoms with Gasteiger partial charge in [0.05, 0.1) is 12.1 Å². The van der Waals surface area contributed by atoms with Crippen LogP contribution in [0.1, 0.15) is 40.4 Å². The lowest BCUT2D eigenvalue weighted by molar-refractivity contribution is 0.395. The molecule has 0 saturated carbocycles. The van der Waals surface area contributed by atoms with E-state index >= 15 is 0 Å². The Labute approximate surface area is 131 Å². The van der Waals surface area contributed by atoms with Crippen molar-refractivity contribution >= 4 is 11.3 Å². The molecule has 21 heavy (non-hydrogen) atoms. The zero-order chi connectivity index (χ0) is 15.4. The maximum Gasteiger partial charge on any atom is 0.126 e. The van der Waals surface area contributed by atoms with Crippen molar-refractivity contribution in [1.82, 2.24) is 10.3 Å². The second-order valence-electron chi connectivity index (χ2n) is 5.33. The van der Waals surface area contributed by atoms with Crippen LogP contribution in [0.2, 0.25) is 0 Å². The second-order valence-corrected chi connectivity index (χ2v) is 6.27. The summed E-state index contributed by atoms with van der Waals surface area (Å²) in [5, 5.41) is 6.84. The normalized spacial score (nSPS) is 12.4. The largest absolute Gasteiger partial charge is 0.496 e. The minimum absolute atomic E-state index is 0.231. The van der Waals surface area contributed by atoms with Crippen molar-refractivity contribution in [1.29, 1.82) is 0 Å². The number of likely N-dealkylation sites (N-methyl/N-ethyl adjacent to an activating group) is 1. The van der Waals surface area contributed by atoms with Crippen LogP contribution in [0.5, 0.6) is 5.75 Å². The SMILES string of the molecule is CCNC(Cc1nc(C)cs1)c1ccc(C)c(C)c1OC. The summed E-state index contributed by atoms with van der Waals surface area (Å²) in [6.07, 6.45) is 0.894. The highest BCUT2D eigenvalue weighted by Gasteiger charge is 2.19. The fraction of sp³-hybridized carbons (Fsp3) is 0.471. The number of hydrogen-bond acceptors (Lipinski definition) is 4. The number of thiazole rings is 1. The van der Waals surface area contributed by atoms with Crippen molar-refractivity contribution in [3.63, 3.8) is 0 Å². The van der Waals surface area contributed by atoms with E-state index in [2.05, 4.69) is 48.6 Å². The number of nitrogens with one attached hydrogen (secondary N) is 1. The fourth-order valence-corrected chi connectivity index (χ4v) is 3.38. The lowest BCUT2D eigenvalue weighted by atomic mass is 9.97. The van der Waals surface area contributed by atoms with E-state index in [-0.39, 0.29) is 6.04 Å². The molecule has 0 aliphatic carbocycles. The van der Waals surface area contributed by atoms with Gasteiger partial charge in [0.1, 0.15) is 5.75 Å². The van der Waals surface area contributed by atoms with Crippen LogP contribution in [0.15, 0.2) is 17.5 Å². The molecule has 0 amide bonds. The van der Waals surface area contributed by atoms with Crippen molar-refractivity contribution in [3.8, 4) is 5.75 Å². The zero-order valence-corrected chi connectivity index (χ0v) is 14.3. The van der Waals surface area contributed by atoms with Gasteiger partial charge in [0.2, 0.25) is 0 Å². The van der Waals surface area contributed by atoms with Crippen LogP contribution in [0.3, 0.4) is 0 Å². The maximum atomic E-state index is 5.67. The average molecular weight is 304 g/mol. The monoisotopic (exact) mass is 304 g/mol. The molecule has 4 heteroatoms. The van der Waals surface area contributed by atoms with Gasteiger partial charge in [-0.3, -0.25) is 0 Å². The first-order valence-corrected chi connectivity index (χ1v) is 8.23. The molecule has 1 unspecified atom stereocenters. The molecule has 1 aromatic heterocycles. The molecule has 2 aromatic rings. The minimum Gasteiger partial charge on any atom is -0.496 e. The standard InChI is InChI=1S/C17H24N2OS/c1-6-18-15(9-16-19-12(3)10-21-16)14-8-7-11(2)13(4)17(14)20-5/h7-8,10,15,18H,6,9H2,1-5H3. The van der Waals surface area contributed by atoms with E-state index in [4.69, 9.17) is 4.74 Å². The molecule has 0 aliphatic heterocycles. The minimum atomic E-state index is 0.231. The van der Waals surface area contributed by atoms with E-state index in [1.54, 1.807) is 18.4 Å². The van der Waals surface area contributed by atoms with Crippen molar-refractivity contribution in [2.45, 2.75) is 40.2 Å². The number of ether oxygens (including phenoxy) is 1. The molecule has 0 fully saturated rings. The Kier molecular flexibility index (Phi) is 5.37. The van der Waals surface area contributed by atoms with Crippen molar-refractivity contribution < 1.29 is 4.74 Å². The summed E-state index contributed by atoms with van der Waals surface area (Å²) in [5.41, 5.74) is 4.79. The molecule has 1 aromatic carbocycles. The summed E-state index contributed by atoms with van der Waals surface area (Å²) in [7, 11) is 1.75. The third-order valence-electron chi connectivity index (χ3n) is 3.78. The first-order chi connectivity index (χ1) is 10.1. The summed E-state index contributed by atoms with van der Waals surface area (Å²) in [4.78, 5) is 4.59. The van der Waals surface area contributed by atoms with Gasteiger partial charge < -0.3 is 10.1 Å². The molecular weight excluding hydrogens is 280 g/mol. The first kappa shape index (κ1) is 16.0. The predicted octanol–water partition coefficient (Wildman–Crippen LogP) is 3.97. The molecule has 0 aliphatic rings. The Morgan fingerprint density at radius 1 is 1.29 bits per heavy atom. The molecule has 1 atom stereocenters. The maximum absolute atomic E-state index is 5.67. The van der Waals surface area contributed by atoms with E-state index in [9.17, 15) is 0 Å². The van der Waals surface area contributed by atoms with Gasteiger partial charge in [0, 0.05) is 29.1 Å². The number of nitrogens with zero attached hydrogens (tertiary/aromatic N) is 1. The zero-order valence-electron chi connectivity index (χ0n) is 13.5. The number of aryl methyl sites for hydroxylation is 2. The van der Waals surface area contributed by atoms with Crippen LogP contribution in [0.4, 0.5) is 0 Å². The van der Waals surface area contributed by atoms with Crippen LogP contribution >= 0.6 is 11.3 Å². The van der Waals surface area contributed by atoms with E-state index in [0.717, 1.165) is 24.4 Å². The van der Waals surface area contributed by atoms with Crippen molar-refractivity contribution in [3.05, 3.63) is 44.9 Å². The summed E-state index contributed by atoms with van der Waals surface area (Å²) in [5.74, 6) is 0.995. The van der Waals surface area contributed by atoms with Crippen LogP contribution in [-0.4, -0.2) is 18.6 Å². The number of methoxy groups -OCH3 is 1. The quantitative estimate of drug-likeness (QED) is 0.877. The number of benzene rings is 1. The molecule has 2 rings (SSSR count). The molecule has 0 spiro atoms. The Morgan fingerprint density at radius 2 is 2.05 bits per heavy atom. The Hall–Kier alpha value is -1.39. The molecule has 0 bridgehead atoms. The Bertz CT molecular complexity index is 607. The first-order valence-electron chi connectivity index (χ1n) is 7.35. The van der Waals surface area contributed by atoms with Gasteiger partial charge in [0.25, 0.3) is 0 Å². The van der Waals surface area contributed by atoms with Gasteiger partial charge in [-0.2, -0.15) is 0 Å². The number of hydrogen-bond donors (Lipinski definition) is 1. The summed E-state index contributed by atoms with van der Waals surface area (Å²) < 4.78 is 5.67. The highest BCUT2D eigenvalue weighted by atomic mass is 32.1. The van der Waals surface area contributed by atoms with Crippen molar-refractivity contribution in [2.75, 3.05) is 13.7 Å². The topological polar surface area (TPSA) is 34.2 Å². The van der Waals surface area contributed by atoms with Gasteiger partial charge in [-0.25, -0.2) is 4.98 Å². The van der Waals surface area contributed by atoms with E-state index in [1.165, 1.54) is 21.7 Å². The third kappa shape index (κ3) is 3.63. The van der Waals surface area contributed by atoms with E-state index < -0.39 is 0 Å². The van der Waals surface area contributed by atoms with Crippen LogP contribution in [0, 0.1) is 20.8 Å². The summed E-state index contributed by atoms with van der Waals surface area (Å²) in [6.45, 7) is 9.33. The van der Waals surface area contributed by atoms with Gasteiger partial charge in [-0.15, -0.1) is 11.3 Å². The summed E-state index contributed by atoms with van der Waals surface area (Å²) in [6, 6.07) is 4.58. The lowest BCUT2D eigenvalue weighted by Crippen LogP contribution is -2.23. The van der Waals surface area contributed by atoms with Crippen LogP contribution in [0.25, 0.3) is 0 Å². The van der Waals surface area contributed by atoms with Gasteiger partial charge in [-0.05, 0) is 38.4 Å². The Morgan fingerprint density at radius 3 is 2.62 bits per heavy atom. The third-order valence-corrected chi connectivity index (χ3v) is 4.77. The highest BCUT2D eigenvalue weighted by Crippen LogP contribution is 2.32. The number of aromatic nitrogens is 1. The summed E-state index contributed by atoms with van der Waals surface area (Å²) >= 11 is 1.73. The molecule has 1 heterocycles. The molecule has 3 nitrogen and oxygen atoms in total. The highest BCUT2D eigenvalue weighted by molar-refractivity contribution is 7.09. The van der Waals surface area contributed by atoms with Crippen molar-refractivity contribution in [2.24, 2.45) is 0 Å². The van der Waals surface area contributed by atoms with E-state index in [0.29, 0.717) is 0 Å². The second kappa shape index (κ2) is 7.05. The molecule has 0 radical (unpaired) electrons. The van der Waals surface area contributed by atoms with E-state index in [1.807, 2.05) is 6.92 Å². The molecular formula is C17H24N2OS. The van der Waals surface area contributed by atoms with Crippen LogP contribution < -0.4 is 10.1 Å². The van der Waals surface area contributed by atoms with Gasteiger partial charge in [-0.1, -0.05) is 19.1 Å². The molecule has 114 valence electrons. The predicted molar refractivity (Wildman–Crippen MR) is 89.4 cm³/mol. The average Bonchev–Trinajstić information content (AvgIpc) is 2.86. The molecule has 0 saturated heterocycles. The van der Waals surface area contributed by atoms with Crippen LogP contribution in [-0.2, 0) is 6.42 Å². The lowest BCUT2D eigenvalue weighted by Gasteiger charge is -2.22. The Balaban J connectivity index is 2.35. The fourth-order valence-electron chi connectivity index (χ4n) is 2.57. The smallest absolute Gasteiger partial charge is 0.126 e. The molecule has 1 N–H and O–H groups in total. The van der Waals surface area contributed by atoms with Gasteiger partial charge >= 0.3 is 0 Å². The number of rotatable bonds is 6. The van der Waals surface area contributed by atoms with Gasteiger partial charge in [0.15, 0.2) is 0 Å².